The van der Waals surface area contributed by atoms with Gasteiger partial charge in [0.2, 0.25) is 0 Å². The number of benzene rings is 3. The van der Waals surface area contributed by atoms with Crippen molar-refractivity contribution >= 4 is 17.6 Å². The molecule has 0 aliphatic carbocycles. The van der Waals surface area contributed by atoms with E-state index < -0.39 is 17.4 Å². The first kappa shape index (κ1) is 24.6. The number of nitrogens with zero attached hydrogens (tertiary/aromatic N) is 2. The van der Waals surface area contributed by atoms with Crippen molar-refractivity contribution in [2.45, 2.75) is 26.8 Å². The lowest BCUT2D eigenvalue weighted by molar-refractivity contribution is 0.0505. The van der Waals surface area contributed by atoms with E-state index in [9.17, 15) is 14.4 Å². The van der Waals surface area contributed by atoms with Gasteiger partial charge in [0.05, 0.1) is 17.9 Å². The number of hydrogen-bond donors (Lipinski definition) is 1. The van der Waals surface area contributed by atoms with Gasteiger partial charge in [-0.15, -0.1) is 0 Å². The monoisotopic (exact) mass is 481 g/mol. The molecule has 182 valence electrons. The number of nitrogens with one attached hydrogen (secondary N) is 1. The van der Waals surface area contributed by atoms with Crippen LogP contribution < -0.4 is 10.9 Å². The number of rotatable bonds is 8. The zero-order valence-electron chi connectivity index (χ0n) is 20.2. The average Bonchev–Trinajstić information content (AvgIpc) is 2.92. The third-order valence-corrected chi connectivity index (χ3v) is 5.61. The Bertz CT molecular complexity index is 1410. The summed E-state index contributed by atoms with van der Waals surface area (Å²) in [5.41, 5.74) is 2.88. The molecule has 36 heavy (non-hydrogen) atoms. The molecule has 4 rings (SSSR count). The smallest absolute Gasteiger partial charge is 0.338 e. The van der Waals surface area contributed by atoms with Crippen LogP contribution in [0.25, 0.3) is 22.4 Å². The van der Waals surface area contributed by atoms with Crippen LogP contribution >= 0.6 is 0 Å². The van der Waals surface area contributed by atoms with Crippen molar-refractivity contribution in [1.29, 1.82) is 0 Å². The summed E-state index contributed by atoms with van der Waals surface area (Å²) in [6.45, 7) is 4.38. The van der Waals surface area contributed by atoms with Crippen LogP contribution in [-0.2, 0) is 11.3 Å². The third-order valence-electron chi connectivity index (χ3n) is 5.61. The second kappa shape index (κ2) is 11.3. The average molecular weight is 482 g/mol. The molecule has 4 aromatic rings. The van der Waals surface area contributed by atoms with Gasteiger partial charge in [-0.2, -0.15) is 5.10 Å². The minimum atomic E-state index is -0.554. The largest absolute Gasteiger partial charge is 0.462 e. The topological polar surface area (TPSA) is 90.3 Å². The SMILES string of the molecule is CCCOC(=O)c1ccc(NC(=O)c2c(-c3ccccc3)c(-c3ccccc3)nn(CC)c2=O)cc1. The molecule has 1 heterocycles. The summed E-state index contributed by atoms with van der Waals surface area (Å²) < 4.78 is 6.45. The summed E-state index contributed by atoms with van der Waals surface area (Å²) in [5, 5.41) is 7.43. The Balaban J connectivity index is 1.79. The molecule has 0 fully saturated rings. The van der Waals surface area contributed by atoms with Crippen LogP contribution in [0.15, 0.2) is 89.7 Å². The second-order valence-corrected chi connectivity index (χ2v) is 8.12. The molecular weight excluding hydrogens is 454 g/mol. The zero-order valence-corrected chi connectivity index (χ0v) is 20.2. The summed E-state index contributed by atoms with van der Waals surface area (Å²) in [6, 6.07) is 25.2. The molecule has 0 aliphatic heterocycles. The van der Waals surface area contributed by atoms with E-state index in [2.05, 4.69) is 10.4 Å². The number of carbonyl (C=O) groups is 2. The Labute approximate surface area is 209 Å². The maximum Gasteiger partial charge on any atom is 0.338 e. The zero-order chi connectivity index (χ0) is 25.5. The fraction of sp³-hybridized carbons (Fsp3) is 0.172. The number of carbonyl (C=O) groups excluding carboxylic acids is 2. The van der Waals surface area contributed by atoms with Gasteiger partial charge in [-0.1, -0.05) is 67.6 Å². The maximum absolute atomic E-state index is 13.6. The Hall–Kier alpha value is -4.52. The van der Waals surface area contributed by atoms with Crippen molar-refractivity contribution in [3.63, 3.8) is 0 Å². The van der Waals surface area contributed by atoms with E-state index in [1.165, 1.54) is 4.68 Å². The van der Waals surface area contributed by atoms with Crippen LogP contribution in [0.1, 0.15) is 41.0 Å². The number of esters is 1. The van der Waals surface area contributed by atoms with E-state index in [1.807, 2.05) is 74.5 Å². The third kappa shape index (κ3) is 5.25. The van der Waals surface area contributed by atoms with E-state index in [-0.39, 0.29) is 5.56 Å². The molecule has 1 amide bonds. The molecule has 3 aromatic carbocycles. The van der Waals surface area contributed by atoms with Crippen molar-refractivity contribution in [2.24, 2.45) is 0 Å². The van der Waals surface area contributed by atoms with E-state index in [1.54, 1.807) is 24.3 Å². The van der Waals surface area contributed by atoms with Crippen molar-refractivity contribution in [2.75, 3.05) is 11.9 Å². The molecule has 0 unspecified atom stereocenters. The first-order chi connectivity index (χ1) is 17.5. The lowest BCUT2D eigenvalue weighted by Crippen LogP contribution is -2.32. The van der Waals surface area contributed by atoms with Crippen molar-refractivity contribution in [1.82, 2.24) is 9.78 Å². The second-order valence-electron chi connectivity index (χ2n) is 8.12. The molecule has 1 aromatic heterocycles. The highest BCUT2D eigenvalue weighted by Crippen LogP contribution is 2.32. The Morgan fingerprint density at radius 3 is 2.06 bits per heavy atom. The highest BCUT2D eigenvalue weighted by atomic mass is 16.5. The van der Waals surface area contributed by atoms with E-state index in [0.29, 0.717) is 41.2 Å². The summed E-state index contributed by atoms with van der Waals surface area (Å²) >= 11 is 0. The lowest BCUT2D eigenvalue weighted by atomic mass is 9.95. The summed E-state index contributed by atoms with van der Waals surface area (Å²) in [4.78, 5) is 39.1. The lowest BCUT2D eigenvalue weighted by Gasteiger charge is -2.17. The van der Waals surface area contributed by atoms with Gasteiger partial charge >= 0.3 is 5.97 Å². The van der Waals surface area contributed by atoms with E-state index >= 15 is 0 Å². The van der Waals surface area contributed by atoms with Crippen molar-refractivity contribution in [3.8, 4) is 22.4 Å². The standard InChI is InChI=1S/C29H27N3O4/c1-3-19-36-29(35)22-15-17-23(18-16-22)30-27(33)25-24(20-11-7-5-8-12-20)26(21-13-9-6-10-14-21)31-32(4-2)28(25)34/h5-18H,3-4,19H2,1-2H3,(H,30,33). The number of aryl methyl sites for hydroxylation is 1. The number of ether oxygens (including phenoxy) is 1. The van der Waals surface area contributed by atoms with Crippen LogP contribution in [0.5, 0.6) is 0 Å². The molecule has 0 bridgehead atoms. The van der Waals surface area contributed by atoms with Gasteiger partial charge in [0.25, 0.3) is 11.5 Å². The van der Waals surface area contributed by atoms with Gasteiger partial charge < -0.3 is 10.1 Å². The van der Waals surface area contributed by atoms with Crippen molar-refractivity contribution in [3.05, 3.63) is 106 Å². The number of amides is 1. The first-order valence-electron chi connectivity index (χ1n) is 11.9. The van der Waals surface area contributed by atoms with Gasteiger partial charge in [0, 0.05) is 23.4 Å². The Kier molecular flexibility index (Phi) is 7.70. The number of aromatic nitrogens is 2. The summed E-state index contributed by atoms with van der Waals surface area (Å²) in [5.74, 6) is -0.976. The molecular formula is C29H27N3O4. The predicted octanol–water partition coefficient (Wildman–Crippen LogP) is 5.42. The molecule has 0 saturated heterocycles. The molecule has 0 aliphatic rings. The quantitative estimate of drug-likeness (QED) is 0.340. The molecule has 1 N–H and O–H groups in total. The molecule has 0 radical (unpaired) electrons. The molecule has 7 heteroatoms. The molecule has 7 nitrogen and oxygen atoms in total. The Morgan fingerprint density at radius 1 is 0.861 bits per heavy atom. The van der Waals surface area contributed by atoms with Crippen LogP contribution in [0.2, 0.25) is 0 Å². The fourth-order valence-corrected chi connectivity index (χ4v) is 3.84. The number of hydrogen-bond acceptors (Lipinski definition) is 5. The fourth-order valence-electron chi connectivity index (χ4n) is 3.84. The van der Waals surface area contributed by atoms with E-state index in [4.69, 9.17) is 4.74 Å². The summed E-state index contributed by atoms with van der Waals surface area (Å²) in [7, 11) is 0. The maximum atomic E-state index is 13.6. The predicted molar refractivity (Wildman–Crippen MR) is 140 cm³/mol. The van der Waals surface area contributed by atoms with Crippen LogP contribution in [0.4, 0.5) is 5.69 Å². The number of anilines is 1. The van der Waals surface area contributed by atoms with Gasteiger partial charge in [-0.25, -0.2) is 9.48 Å². The van der Waals surface area contributed by atoms with Gasteiger partial charge in [0.1, 0.15) is 5.56 Å². The van der Waals surface area contributed by atoms with Gasteiger partial charge in [0.15, 0.2) is 0 Å². The van der Waals surface area contributed by atoms with Crippen LogP contribution in [-0.4, -0.2) is 28.3 Å². The minimum absolute atomic E-state index is 0.00309. The first-order valence-corrected chi connectivity index (χ1v) is 11.9. The summed E-state index contributed by atoms with van der Waals surface area (Å²) in [6.07, 6.45) is 0.732. The van der Waals surface area contributed by atoms with Crippen LogP contribution in [0.3, 0.4) is 0 Å². The van der Waals surface area contributed by atoms with E-state index in [0.717, 1.165) is 12.0 Å². The Morgan fingerprint density at radius 2 is 1.47 bits per heavy atom. The molecule has 0 spiro atoms. The highest BCUT2D eigenvalue weighted by molar-refractivity contribution is 6.10. The highest BCUT2D eigenvalue weighted by Gasteiger charge is 2.25. The van der Waals surface area contributed by atoms with Gasteiger partial charge in [-0.3, -0.25) is 9.59 Å². The minimum Gasteiger partial charge on any atom is -0.462 e. The molecule has 0 atom stereocenters. The van der Waals surface area contributed by atoms with Crippen LogP contribution in [0, 0.1) is 0 Å². The van der Waals surface area contributed by atoms with Crippen molar-refractivity contribution < 1.29 is 14.3 Å². The van der Waals surface area contributed by atoms with Gasteiger partial charge in [-0.05, 0) is 43.2 Å². The normalized spacial score (nSPS) is 10.6. The molecule has 0 saturated carbocycles.